The minimum Gasteiger partial charge on any atom is -0.478 e. The Morgan fingerprint density at radius 2 is 1.80 bits per heavy atom. The first-order chi connectivity index (χ1) is 14.2. The molecule has 7 nitrogen and oxygen atoms in total. The van der Waals surface area contributed by atoms with Crippen LogP contribution in [0, 0.1) is 6.92 Å². The first-order valence-corrected chi connectivity index (χ1v) is 10.6. The van der Waals surface area contributed by atoms with Crippen LogP contribution in [-0.4, -0.2) is 24.5 Å². The molecule has 0 aliphatic heterocycles. The number of halogens is 1. The molecule has 0 amide bonds. The fourth-order valence-electron chi connectivity index (χ4n) is 2.92. The van der Waals surface area contributed by atoms with Crippen molar-refractivity contribution in [3.8, 4) is 11.5 Å². The van der Waals surface area contributed by atoms with Crippen LogP contribution in [0.2, 0.25) is 5.02 Å². The number of nitrogens with one attached hydrogen (secondary N) is 1. The number of oxazole rings is 1. The number of anilines is 1. The number of carbonyl (C=O) groups is 1. The van der Waals surface area contributed by atoms with Gasteiger partial charge in [-0.1, -0.05) is 17.7 Å². The van der Waals surface area contributed by atoms with Gasteiger partial charge in [0.05, 0.1) is 10.5 Å². The number of fused-ring (bicyclic) bond motifs is 1. The van der Waals surface area contributed by atoms with Crippen LogP contribution in [0.1, 0.15) is 15.9 Å². The van der Waals surface area contributed by atoms with Gasteiger partial charge in [-0.3, -0.25) is 4.72 Å². The van der Waals surface area contributed by atoms with Gasteiger partial charge in [-0.15, -0.1) is 0 Å². The summed E-state index contributed by atoms with van der Waals surface area (Å²) in [5.41, 5.74) is 2.60. The smallest absolute Gasteiger partial charge is 0.335 e. The highest BCUT2D eigenvalue weighted by molar-refractivity contribution is 7.92. The van der Waals surface area contributed by atoms with E-state index in [-0.39, 0.29) is 10.5 Å². The summed E-state index contributed by atoms with van der Waals surface area (Å²) in [4.78, 5) is 15.5. The van der Waals surface area contributed by atoms with E-state index in [1.807, 2.05) is 0 Å². The quantitative estimate of drug-likeness (QED) is 0.452. The van der Waals surface area contributed by atoms with Crippen LogP contribution in [0.25, 0.3) is 22.6 Å². The lowest BCUT2D eigenvalue weighted by Crippen LogP contribution is -2.14. The van der Waals surface area contributed by atoms with Crippen LogP contribution < -0.4 is 4.72 Å². The lowest BCUT2D eigenvalue weighted by atomic mass is 10.1. The summed E-state index contributed by atoms with van der Waals surface area (Å²) in [6, 6.07) is 15.6. The standard InChI is InChI=1S/C21H15ClN2O5S/c1-12-2-8-16(11-17(12)21(25)26)30(27,28)24-15-6-3-13(4-7-15)20-23-18-10-14(22)5-9-19(18)29-20/h2-11,24H,1H3,(H,25,26). The molecule has 0 saturated heterocycles. The number of aryl methyl sites for hydroxylation is 1. The number of hydrogen-bond acceptors (Lipinski definition) is 5. The van der Waals surface area contributed by atoms with Gasteiger partial charge in [0, 0.05) is 16.3 Å². The lowest BCUT2D eigenvalue weighted by Gasteiger charge is -2.10. The molecule has 0 aliphatic rings. The molecular formula is C21H15ClN2O5S. The Balaban J connectivity index is 1.59. The zero-order valence-electron chi connectivity index (χ0n) is 15.6. The topological polar surface area (TPSA) is 110 Å². The second-order valence-corrected chi connectivity index (χ2v) is 8.71. The average Bonchev–Trinajstić information content (AvgIpc) is 3.11. The Kier molecular flexibility index (Phi) is 4.97. The van der Waals surface area contributed by atoms with Crippen LogP contribution in [0.3, 0.4) is 0 Å². The van der Waals surface area contributed by atoms with Gasteiger partial charge >= 0.3 is 5.97 Å². The minimum atomic E-state index is -3.96. The van der Waals surface area contributed by atoms with Gasteiger partial charge in [0.1, 0.15) is 5.52 Å². The van der Waals surface area contributed by atoms with Crippen LogP contribution in [-0.2, 0) is 10.0 Å². The molecule has 0 saturated carbocycles. The molecule has 3 aromatic carbocycles. The second kappa shape index (κ2) is 7.47. The van der Waals surface area contributed by atoms with Crippen molar-refractivity contribution in [3.63, 3.8) is 0 Å². The molecule has 1 heterocycles. The van der Waals surface area contributed by atoms with Crippen LogP contribution in [0.4, 0.5) is 5.69 Å². The number of sulfonamides is 1. The van der Waals surface area contributed by atoms with E-state index in [0.29, 0.717) is 38.8 Å². The molecule has 0 spiro atoms. The number of hydrogen-bond donors (Lipinski definition) is 2. The molecule has 4 rings (SSSR count). The van der Waals surface area contributed by atoms with Crippen molar-refractivity contribution in [2.45, 2.75) is 11.8 Å². The highest BCUT2D eigenvalue weighted by atomic mass is 35.5. The third kappa shape index (κ3) is 3.87. The normalized spacial score (nSPS) is 11.5. The maximum Gasteiger partial charge on any atom is 0.335 e. The van der Waals surface area contributed by atoms with E-state index in [1.165, 1.54) is 12.1 Å². The molecule has 2 N–H and O–H groups in total. The van der Waals surface area contributed by atoms with Crippen LogP contribution in [0.5, 0.6) is 0 Å². The molecule has 30 heavy (non-hydrogen) atoms. The Hall–Kier alpha value is -3.36. The zero-order chi connectivity index (χ0) is 21.5. The number of carboxylic acid groups (broad SMARTS) is 1. The Bertz CT molecular complexity index is 1380. The van der Waals surface area contributed by atoms with E-state index in [4.69, 9.17) is 16.0 Å². The maximum absolute atomic E-state index is 12.6. The molecule has 0 radical (unpaired) electrons. The van der Waals surface area contributed by atoms with E-state index in [9.17, 15) is 18.3 Å². The zero-order valence-corrected chi connectivity index (χ0v) is 17.2. The molecule has 0 atom stereocenters. The molecule has 1 aromatic heterocycles. The van der Waals surface area contributed by atoms with Crippen molar-refractivity contribution in [3.05, 3.63) is 76.8 Å². The van der Waals surface area contributed by atoms with Gasteiger partial charge in [0.25, 0.3) is 10.0 Å². The summed E-state index contributed by atoms with van der Waals surface area (Å²) < 4.78 is 33.4. The van der Waals surface area contributed by atoms with E-state index in [0.717, 1.165) is 6.07 Å². The predicted molar refractivity (Wildman–Crippen MR) is 113 cm³/mol. The maximum atomic E-state index is 12.6. The molecular weight excluding hydrogens is 428 g/mol. The second-order valence-electron chi connectivity index (χ2n) is 6.60. The molecule has 4 aromatic rings. The van der Waals surface area contributed by atoms with E-state index < -0.39 is 16.0 Å². The van der Waals surface area contributed by atoms with Crippen molar-refractivity contribution in [1.82, 2.24) is 4.98 Å². The van der Waals surface area contributed by atoms with Gasteiger partial charge < -0.3 is 9.52 Å². The minimum absolute atomic E-state index is 0.0655. The monoisotopic (exact) mass is 442 g/mol. The van der Waals surface area contributed by atoms with Crippen molar-refractivity contribution in [1.29, 1.82) is 0 Å². The Labute approximate surface area is 177 Å². The Morgan fingerprint density at radius 3 is 2.50 bits per heavy atom. The third-order valence-corrected chi connectivity index (χ3v) is 6.10. The molecule has 0 unspecified atom stereocenters. The predicted octanol–water partition coefficient (Wildman–Crippen LogP) is 4.96. The number of aromatic carboxylic acids is 1. The molecule has 0 bridgehead atoms. The first kappa shape index (κ1) is 19.9. The average molecular weight is 443 g/mol. The van der Waals surface area contributed by atoms with Crippen molar-refractivity contribution in [2.75, 3.05) is 4.72 Å². The number of benzene rings is 3. The molecule has 9 heteroatoms. The number of aromatic nitrogens is 1. The highest BCUT2D eigenvalue weighted by Crippen LogP contribution is 2.27. The van der Waals surface area contributed by atoms with Crippen molar-refractivity contribution in [2.24, 2.45) is 0 Å². The highest BCUT2D eigenvalue weighted by Gasteiger charge is 2.18. The SMILES string of the molecule is Cc1ccc(S(=O)(=O)Nc2ccc(-c3nc4cc(Cl)ccc4o3)cc2)cc1C(=O)O. The first-order valence-electron chi connectivity index (χ1n) is 8.76. The third-order valence-electron chi connectivity index (χ3n) is 4.48. The fourth-order valence-corrected chi connectivity index (χ4v) is 4.17. The van der Waals surface area contributed by atoms with Gasteiger partial charge in [-0.25, -0.2) is 18.2 Å². The molecule has 152 valence electrons. The van der Waals surface area contributed by atoms with Crippen molar-refractivity contribution < 1.29 is 22.7 Å². The Morgan fingerprint density at radius 1 is 1.07 bits per heavy atom. The van der Waals surface area contributed by atoms with E-state index in [2.05, 4.69) is 9.71 Å². The molecule has 0 aliphatic carbocycles. The van der Waals surface area contributed by atoms with Gasteiger partial charge in [-0.2, -0.15) is 0 Å². The largest absolute Gasteiger partial charge is 0.478 e. The van der Waals surface area contributed by atoms with Gasteiger partial charge in [-0.05, 0) is 67.1 Å². The fraction of sp³-hybridized carbons (Fsp3) is 0.0476. The summed E-state index contributed by atoms with van der Waals surface area (Å²) in [6.45, 7) is 1.60. The number of rotatable bonds is 5. The summed E-state index contributed by atoms with van der Waals surface area (Å²) in [7, 11) is -3.96. The number of carboxylic acids is 1. The lowest BCUT2D eigenvalue weighted by molar-refractivity contribution is 0.0696. The van der Waals surface area contributed by atoms with E-state index >= 15 is 0 Å². The van der Waals surface area contributed by atoms with Gasteiger partial charge in [0.15, 0.2) is 5.58 Å². The summed E-state index contributed by atoms with van der Waals surface area (Å²) in [6.07, 6.45) is 0. The van der Waals surface area contributed by atoms with E-state index in [1.54, 1.807) is 49.4 Å². The van der Waals surface area contributed by atoms with Gasteiger partial charge in [0.2, 0.25) is 5.89 Å². The summed E-state index contributed by atoms with van der Waals surface area (Å²) in [5.74, 6) is -0.806. The number of nitrogens with zero attached hydrogens (tertiary/aromatic N) is 1. The van der Waals surface area contributed by atoms with Crippen molar-refractivity contribution >= 4 is 44.4 Å². The van der Waals surface area contributed by atoms with Crippen LogP contribution >= 0.6 is 11.6 Å². The van der Waals surface area contributed by atoms with Crippen LogP contribution in [0.15, 0.2) is 70.0 Å². The molecule has 0 fully saturated rings. The summed E-state index contributed by atoms with van der Waals surface area (Å²) >= 11 is 5.96. The summed E-state index contributed by atoms with van der Waals surface area (Å²) in [5, 5.41) is 9.76.